The fourth-order valence-corrected chi connectivity index (χ4v) is 9.52. The van der Waals surface area contributed by atoms with E-state index in [9.17, 15) is 4.39 Å². The van der Waals surface area contributed by atoms with E-state index in [0.717, 1.165) is 89.3 Å². The normalized spacial score (nSPS) is 12.2. The third-order valence-corrected chi connectivity index (χ3v) is 14.4. The van der Waals surface area contributed by atoms with Crippen LogP contribution in [0.3, 0.4) is 0 Å². The molecule has 5 N–H and O–H groups in total. The predicted molar refractivity (Wildman–Crippen MR) is 344 cm³/mol. The second kappa shape index (κ2) is 28.8. The lowest BCUT2D eigenvalue weighted by Crippen LogP contribution is -2.20. The summed E-state index contributed by atoms with van der Waals surface area (Å²) in [6.07, 6.45) is 4.17. The van der Waals surface area contributed by atoms with E-state index in [1.807, 2.05) is 149 Å². The van der Waals surface area contributed by atoms with Gasteiger partial charge in [0, 0.05) is 56.8 Å². The van der Waals surface area contributed by atoms with Gasteiger partial charge in [0.15, 0.2) is 17.3 Å². The maximum absolute atomic E-state index is 13.0. The minimum atomic E-state index is -0.131. The van der Waals surface area contributed by atoms with E-state index in [2.05, 4.69) is 106 Å². The van der Waals surface area contributed by atoms with Crippen molar-refractivity contribution in [1.82, 2.24) is 15.0 Å². The van der Waals surface area contributed by atoms with Crippen molar-refractivity contribution in [1.29, 1.82) is 5.26 Å². The van der Waals surface area contributed by atoms with Crippen LogP contribution < -0.4 is 16.8 Å². The molecular formula is C71H69ClFN9O2. The van der Waals surface area contributed by atoms with Crippen molar-refractivity contribution in [3.8, 4) is 6.07 Å². The van der Waals surface area contributed by atoms with Crippen molar-refractivity contribution >= 4 is 72.4 Å². The molecule has 3 aliphatic heterocycles. The zero-order valence-corrected chi connectivity index (χ0v) is 49.5. The van der Waals surface area contributed by atoms with Gasteiger partial charge in [0.25, 0.3) is 0 Å². The highest BCUT2D eigenvalue weighted by atomic mass is 35.5. The first-order valence-corrected chi connectivity index (χ1v) is 28.1. The minimum absolute atomic E-state index is 0.131. The number of pyridine rings is 3. The van der Waals surface area contributed by atoms with Crippen LogP contribution in [0.25, 0.3) is 43.4 Å². The summed E-state index contributed by atoms with van der Waals surface area (Å²) >= 11 is 5.86. The molecule has 3 aliphatic rings. The molecule has 0 amide bonds. The van der Waals surface area contributed by atoms with E-state index in [1.165, 1.54) is 56.8 Å². The largest absolute Gasteiger partial charge is 0.389 e. The van der Waals surface area contributed by atoms with E-state index in [0.29, 0.717) is 30.4 Å². The van der Waals surface area contributed by atoms with E-state index < -0.39 is 0 Å². The SMILES string of the molecule is Cc1cc2c(cc1C)C(N)=NOC2.Cc1cc2ccccc2cc1C#N.Cc1cc2ccccc2cc1F.Cc1ccc2c(c1)C(N)=NOC2.Cc1ccc2c(n1)NCCC2.Cc1ccc2cc(Cl)ccc2c1.Cc1ccc2cccnc2n1. The van der Waals surface area contributed by atoms with Gasteiger partial charge in [-0.05, 0) is 201 Å². The maximum atomic E-state index is 13.0. The summed E-state index contributed by atoms with van der Waals surface area (Å²) in [5.41, 5.74) is 27.3. The van der Waals surface area contributed by atoms with Gasteiger partial charge in [-0.25, -0.2) is 19.3 Å². The lowest BCUT2D eigenvalue weighted by atomic mass is 9.99. The van der Waals surface area contributed by atoms with E-state index in [1.54, 1.807) is 19.2 Å². The Balaban J connectivity index is 0.000000128. The Morgan fingerprint density at radius 1 is 0.512 bits per heavy atom. The first-order valence-electron chi connectivity index (χ1n) is 27.7. The summed E-state index contributed by atoms with van der Waals surface area (Å²) < 4.78 is 13.0. The standard InChI is InChI=1S/C12H9N.C11H9Cl.C11H9F.C10H12N2O.C9H10N2O.C9H12N2.C9H8N2/c1-9-6-10-4-2-3-5-11(10)7-12(9)8-13;1-8-2-3-10-7-11(12)5-4-9(10)6-8;1-8-6-9-4-2-3-5-10(9)7-11(8)12;1-6-3-8-5-13-12-10(11)9(8)4-7(6)2;1-6-2-3-7-5-12-11-9(10)8(7)4-6;2*1-7-4-5-8-3-2-6-10-9(8)11-7/h2-7H,1H3;2*2-7H,1H3;3-4H,5H2,1-2H3,(H2,11,12);2-4H,5H2,1H3,(H2,10,11);4-5H,2-3,6H2,1H3,(H,10,11);2-6H,1H3. The summed E-state index contributed by atoms with van der Waals surface area (Å²) in [4.78, 5) is 22.7. The predicted octanol–water partition coefficient (Wildman–Crippen LogP) is 16.4. The molecule has 0 spiro atoms. The van der Waals surface area contributed by atoms with Crippen LogP contribution >= 0.6 is 11.6 Å². The Hall–Kier alpha value is -9.70. The van der Waals surface area contributed by atoms with Gasteiger partial charge in [0.1, 0.15) is 24.8 Å². The molecule has 11 nitrogen and oxygen atoms in total. The Labute approximate surface area is 496 Å². The number of nitrogens with one attached hydrogen (secondary N) is 1. The van der Waals surface area contributed by atoms with Gasteiger partial charge in [0.05, 0.1) is 11.6 Å². The number of nitrogens with zero attached hydrogens (tertiary/aromatic N) is 6. The monoisotopic (exact) mass is 1130 g/mol. The van der Waals surface area contributed by atoms with Crippen molar-refractivity contribution < 1.29 is 14.1 Å². The number of rotatable bonds is 0. The number of oxime groups is 2. The Morgan fingerprint density at radius 3 is 1.76 bits per heavy atom. The lowest BCUT2D eigenvalue weighted by Gasteiger charge is -2.16. The number of aromatic nitrogens is 3. The number of nitriles is 1. The number of anilines is 1. The third kappa shape index (κ3) is 16.5. The average molecular weight is 1130 g/mol. The molecule has 0 fully saturated rings. The molecule has 0 radical (unpaired) electrons. The summed E-state index contributed by atoms with van der Waals surface area (Å²) in [5, 5.41) is 28.3. The smallest absolute Gasteiger partial charge is 0.170 e. The van der Waals surface area contributed by atoms with Crippen molar-refractivity contribution in [3.63, 3.8) is 0 Å². The van der Waals surface area contributed by atoms with E-state index in [4.69, 9.17) is 38.0 Å². The molecule has 84 heavy (non-hydrogen) atoms. The molecule has 0 unspecified atom stereocenters. The third-order valence-electron chi connectivity index (χ3n) is 14.1. The number of amidine groups is 2. The van der Waals surface area contributed by atoms with Gasteiger partial charge in [-0.3, -0.25) is 0 Å². The highest BCUT2D eigenvalue weighted by Gasteiger charge is 2.15. The zero-order chi connectivity index (χ0) is 59.7. The van der Waals surface area contributed by atoms with E-state index in [-0.39, 0.29) is 5.82 Å². The topological polar surface area (TPSA) is 170 Å². The van der Waals surface area contributed by atoms with Crippen LogP contribution in [0.1, 0.15) is 84.6 Å². The first kappa shape index (κ1) is 60.4. The maximum Gasteiger partial charge on any atom is 0.170 e. The fourth-order valence-electron chi connectivity index (χ4n) is 9.34. The number of hydrogen-bond acceptors (Lipinski definition) is 11. The van der Waals surface area contributed by atoms with E-state index >= 15 is 0 Å². The molecule has 0 saturated heterocycles. The minimum Gasteiger partial charge on any atom is -0.389 e. The number of aryl methyl sites for hydroxylation is 9. The summed E-state index contributed by atoms with van der Waals surface area (Å²) in [6.45, 7) is 18.1. The Morgan fingerprint density at radius 2 is 1.05 bits per heavy atom. The van der Waals surface area contributed by atoms with Crippen LogP contribution in [0.15, 0.2) is 192 Å². The molecule has 0 aliphatic carbocycles. The average Bonchev–Trinajstić information content (AvgIpc) is 3.71. The summed E-state index contributed by atoms with van der Waals surface area (Å²) in [7, 11) is 0. The number of benzene rings is 8. The number of nitrogens with two attached hydrogens (primary N) is 2. The van der Waals surface area contributed by atoms with Crippen LogP contribution in [-0.4, -0.2) is 33.2 Å². The molecular weight excluding hydrogens is 1070 g/mol. The molecule has 0 bridgehead atoms. The van der Waals surface area contributed by atoms with Gasteiger partial charge >= 0.3 is 0 Å². The van der Waals surface area contributed by atoms with Gasteiger partial charge in [0.2, 0.25) is 0 Å². The van der Waals surface area contributed by atoms with Crippen molar-refractivity contribution in [2.75, 3.05) is 11.9 Å². The molecule has 6 heterocycles. The molecule has 3 aromatic heterocycles. The van der Waals surface area contributed by atoms with Crippen LogP contribution in [0.5, 0.6) is 0 Å². The Bertz CT molecular complexity index is 4150. The second-order valence-corrected chi connectivity index (χ2v) is 21.3. The van der Waals surface area contributed by atoms with Gasteiger partial charge in [-0.15, -0.1) is 0 Å². The summed E-state index contributed by atoms with van der Waals surface area (Å²) in [5.74, 6) is 1.91. The zero-order valence-electron chi connectivity index (χ0n) is 48.8. The number of fused-ring (bicyclic) bond motifs is 7. The molecule has 0 saturated carbocycles. The molecule has 8 aromatic carbocycles. The highest BCUT2D eigenvalue weighted by Crippen LogP contribution is 2.24. The van der Waals surface area contributed by atoms with Crippen molar-refractivity contribution in [3.05, 3.63) is 271 Å². The number of hydrogen-bond donors (Lipinski definition) is 3. The fraction of sp³-hybridized carbons (Fsp3) is 0.183. The molecule has 14 rings (SSSR count). The Kier molecular flexibility index (Phi) is 20.7. The van der Waals surface area contributed by atoms with Crippen LogP contribution in [0.4, 0.5) is 10.2 Å². The molecule has 13 heteroatoms. The van der Waals surface area contributed by atoms with Gasteiger partial charge < -0.3 is 26.5 Å². The first-order chi connectivity index (χ1) is 40.5. The second-order valence-electron chi connectivity index (χ2n) is 20.8. The number of halogens is 2. The van der Waals surface area contributed by atoms with Crippen LogP contribution in [-0.2, 0) is 29.3 Å². The lowest BCUT2D eigenvalue weighted by molar-refractivity contribution is 0.125. The molecule has 0 atom stereocenters. The van der Waals surface area contributed by atoms with Crippen LogP contribution in [0, 0.1) is 72.5 Å². The molecule has 424 valence electrons. The quantitative estimate of drug-likeness (QED) is 0.134. The van der Waals surface area contributed by atoms with Gasteiger partial charge in [-0.2, -0.15) is 5.26 Å². The summed E-state index contributed by atoms with van der Waals surface area (Å²) in [6, 6.07) is 60.2. The van der Waals surface area contributed by atoms with Gasteiger partial charge in [-0.1, -0.05) is 136 Å². The van der Waals surface area contributed by atoms with Crippen molar-refractivity contribution in [2.24, 2.45) is 21.8 Å². The highest BCUT2D eigenvalue weighted by molar-refractivity contribution is 6.31. The van der Waals surface area contributed by atoms with Crippen LogP contribution in [0.2, 0.25) is 5.02 Å². The molecule has 11 aromatic rings. The van der Waals surface area contributed by atoms with Crippen molar-refractivity contribution in [2.45, 2.75) is 81.4 Å².